The number of methoxy groups -OCH3 is 1. The second kappa shape index (κ2) is 6.16. The van der Waals surface area contributed by atoms with Crippen LogP contribution in [0.4, 0.5) is 0 Å². The Morgan fingerprint density at radius 2 is 2.18 bits per heavy atom. The molecular formula is C8H17NO2. The predicted octanol–water partition coefficient (Wildman–Crippen LogP) is 1.07. The highest BCUT2D eigenvalue weighted by atomic mass is 16.5. The van der Waals surface area contributed by atoms with Crippen molar-refractivity contribution >= 4 is 5.97 Å². The summed E-state index contributed by atoms with van der Waals surface area (Å²) in [5, 5.41) is 0. The molecule has 0 amide bonds. The maximum atomic E-state index is 10.6. The van der Waals surface area contributed by atoms with Crippen LogP contribution in [0.1, 0.15) is 32.6 Å². The normalized spacial score (nSPS) is 12.6. The summed E-state index contributed by atoms with van der Waals surface area (Å²) in [6.45, 7) is 2.08. The van der Waals surface area contributed by atoms with Gasteiger partial charge in [-0.1, -0.05) is 13.3 Å². The van der Waals surface area contributed by atoms with Gasteiger partial charge in [-0.2, -0.15) is 0 Å². The first-order valence-electron chi connectivity index (χ1n) is 4.03. The van der Waals surface area contributed by atoms with Gasteiger partial charge in [0.05, 0.1) is 7.11 Å². The van der Waals surface area contributed by atoms with Crippen molar-refractivity contribution in [1.82, 2.24) is 0 Å². The van der Waals surface area contributed by atoms with Gasteiger partial charge in [0, 0.05) is 12.5 Å². The van der Waals surface area contributed by atoms with E-state index in [-0.39, 0.29) is 12.0 Å². The molecule has 0 heterocycles. The van der Waals surface area contributed by atoms with E-state index in [0.717, 1.165) is 19.3 Å². The van der Waals surface area contributed by atoms with Crippen LogP contribution in [0.5, 0.6) is 0 Å². The summed E-state index contributed by atoms with van der Waals surface area (Å²) in [4.78, 5) is 10.6. The number of hydrogen-bond donors (Lipinski definition) is 1. The number of rotatable bonds is 5. The summed E-state index contributed by atoms with van der Waals surface area (Å²) in [5.41, 5.74) is 5.68. The van der Waals surface area contributed by atoms with Gasteiger partial charge in [0.25, 0.3) is 0 Å². The lowest BCUT2D eigenvalue weighted by Gasteiger charge is -2.07. The molecule has 66 valence electrons. The van der Waals surface area contributed by atoms with Crippen LogP contribution in [-0.2, 0) is 9.53 Å². The van der Waals surface area contributed by atoms with Crippen LogP contribution < -0.4 is 5.73 Å². The Kier molecular flexibility index (Phi) is 5.84. The lowest BCUT2D eigenvalue weighted by atomic mass is 10.1. The van der Waals surface area contributed by atoms with Gasteiger partial charge in [0.2, 0.25) is 0 Å². The second-order valence-electron chi connectivity index (χ2n) is 2.66. The molecule has 0 saturated heterocycles. The molecule has 3 nitrogen and oxygen atoms in total. The van der Waals surface area contributed by atoms with E-state index in [1.807, 2.05) is 0 Å². The maximum Gasteiger partial charge on any atom is 0.305 e. The van der Waals surface area contributed by atoms with E-state index in [9.17, 15) is 4.79 Å². The third kappa shape index (κ3) is 5.85. The molecule has 0 rings (SSSR count). The predicted molar refractivity (Wildman–Crippen MR) is 44.1 cm³/mol. The van der Waals surface area contributed by atoms with Crippen molar-refractivity contribution in [3.8, 4) is 0 Å². The molecule has 1 unspecified atom stereocenters. The largest absolute Gasteiger partial charge is 0.469 e. The van der Waals surface area contributed by atoms with E-state index in [0.29, 0.717) is 6.42 Å². The molecule has 0 spiro atoms. The number of esters is 1. The molecule has 0 bridgehead atoms. The third-order valence-electron chi connectivity index (χ3n) is 1.61. The lowest BCUT2D eigenvalue weighted by Crippen LogP contribution is -2.20. The SMILES string of the molecule is CCCC(N)CCC(=O)OC. The van der Waals surface area contributed by atoms with E-state index in [2.05, 4.69) is 11.7 Å². The first kappa shape index (κ1) is 10.4. The number of carbonyl (C=O) groups is 1. The fourth-order valence-electron chi connectivity index (χ4n) is 0.920. The zero-order chi connectivity index (χ0) is 8.69. The van der Waals surface area contributed by atoms with Gasteiger partial charge in [0.1, 0.15) is 0 Å². The van der Waals surface area contributed by atoms with E-state index >= 15 is 0 Å². The summed E-state index contributed by atoms with van der Waals surface area (Å²) in [5.74, 6) is -0.170. The van der Waals surface area contributed by atoms with Gasteiger partial charge < -0.3 is 10.5 Å². The van der Waals surface area contributed by atoms with Crippen LogP contribution in [0, 0.1) is 0 Å². The highest BCUT2D eigenvalue weighted by molar-refractivity contribution is 5.69. The molecular weight excluding hydrogens is 142 g/mol. The van der Waals surface area contributed by atoms with E-state index in [4.69, 9.17) is 5.73 Å². The average molecular weight is 159 g/mol. The van der Waals surface area contributed by atoms with Gasteiger partial charge in [-0.3, -0.25) is 4.79 Å². The summed E-state index contributed by atoms with van der Waals surface area (Å²) in [6, 6.07) is 0.152. The quantitative estimate of drug-likeness (QED) is 0.610. The molecule has 0 saturated carbocycles. The topological polar surface area (TPSA) is 52.3 Å². The Bertz CT molecular complexity index is 115. The number of carbonyl (C=O) groups excluding carboxylic acids is 1. The van der Waals surface area contributed by atoms with Crippen molar-refractivity contribution in [2.75, 3.05) is 7.11 Å². The molecule has 0 aromatic rings. The van der Waals surface area contributed by atoms with Crippen molar-refractivity contribution in [3.05, 3.63) is 0 Å². The number of nitrogens with two attached hydrogens (primary N) is 1. The monoisotopic (exact) mass is 159 g/mol. The van der Waals surface area contributed by atoms with E-state index < -0.39 is 0 Å². The molecule has 0 aliphatic rings. The Morgan fingerprint density at radius 1 is 1.55 bits per heavy atom. The standard InChI is InChI=1S/C8H17NO2/c1-3-4-7(9)5-6-8(10)11-2/h7H,3-6,9H2,1-2H3. The minimum atomic E-state index is -0.170. The summed E-state index contributed by atoms with van der Waals surface area (Å²) in [6.07, 6.45) is 3.23. The van der Waals surface area contributed by atoms with Crippen molar-refractivity contribution in [2.45, 2.75) is 38.6 Å². The maximum absolute atomic E-state index is 10.6. The summed E-state index contributed by atoms with van der Waals surface area (Å²) >= 11 is 0. The second-order valence-corrected chi connectivity index (χ2v) is 2.66. The number of ether oxygens (including phenoxy) is 1. The molecule has 0 radical (unpaired) electrons. The Balaban J connectivity index is 3.29. The zero-order valence-corrected chi connectivity index (χ0v) is 7.30. The molecule has 3 heteroatoms. The average Bonchev–Trinajstić information content (AvgIpc) is 2.01. The minimum absolute atomic E-state index is 0.152. The molecule has 11 heavy (non-hydrogen) atoms. The van der Waals surface area contributed by atoms with Crippen LogP contribution in [0.25, 0.3) is 0 Å². The van der Waals surface area contributed by atoms with Crippen LogP contribution in [-0.4, -0.2) is 19.1 Å². The Hall–Kier alpha value is -0.570. The molecule has 0 fully saturated rings. The first-order valence-corrected chi connectivity index (χ1v) is 4.03. The van der Waals surface area contributed by atoms with Crippen LogP contribution >= 0.6 is 0 Å². The molecule has 0 aromatic carbocycles. The van der Waals surface area contributed by atoms with Crippen molar-refractivity contribution < 1.29 is 9.53 Å². The van der Waals surface area contributed by atoms with Crippen molar-refractivity contribution in [3.63, 3.8) is 0 Å². The molecule has 0 aliphatic carbocycles. The van der Waals surface area contributed by atoms with Gasteiger partial charge >= 0.3 is 5.97 Å². The van der Waals surface area contributed by atoms with Gasteiger partial charge in [-0.25, -0.2) is 0 Å². The fourth-order valence-corrected chi connectivity index (χ4v) is 0.920. The first-order chi connectivity index (χ1) is 5.20. The van der Waals surface area contributed by atoms with E-state index in [1.165, 1.54) is 7.11 Å². The number of hydrogen-bond acceptors (Lipinski definition) is 3. The van der Waals surface area contributed by atoms with Crippen LogP contribution in [0.2, 0.25) is 0 Å². The third-order valence-corrected chi connectivity index (χ3v) is 1.61. The van der Waals surface area contributed by atoms with Crippen LogP contribution in [0.15, 0.2) is 0 Å². The van der Waals surface area contributed by atoms with Crippen molar-refractivity contribution in [1.29, 1.82) is 0 Å². The highest BCUT2D eigenvalue weighted by Gasteiger charge is 2.05. The summed E-state index contributed by atoms with van der Waals surface area (Å²) < 4.78 is 4.48. The molecule has 1 atom stereocenters. The lowest BCUT2D eigenvalue weighted by molar-refractivity contribution is -0.140. The Labute approximate surface area is 67.9 Å². The smallest absolute Gasteiger partial charge is 0.305 e. The molecule has 0 aromatic heterocycles. The van der Waals surface area contributed by atoms with Gasteiger partial charge in [-0.15, -0.1) is 0 Å². The van der Waals surface area contributed by atoms with Gasteiger partial charge in [-0.05, 0) is 12.8 Å². The van der Waals surface area contributed by atoms with Crippen molar-refractivity contribution in [2.24, 2.45) is 5.73 Å². The highest BCUT2D eigenvalue weighted by Crippen LogP contribution is 2.02. The Morgan fingerprint density at radius 3 is 2.64 bits per heavy atom. The molecule has 2 N–H and O–H groups in total. The zero-order valence-electron chi connectivity index (χ0n) is 7.30. The minimum Gasteiger partial charge on any atom is -0.469 e. The van der Waals surface area contributed by atoms with Crippen LogP contribution in [0.3, 0.4) is 0 Å². The molecule has 0 aliphatic heterocycles. The van der Waals surface area contributed by atoms with E-state index in [1.54, 1.807) is 0 Å². The fraction of sp³-hybridized carbons (Fsp3) is 0.875. The van der Waals surface area contributed by atoms with Gasteiger partial charge in [0.15, 0.2) is 0 Å². The summed E-state index contributed by atoms with van der Waals surface area (Å²) in [7, 11) is 1.40.